The minimum absolute atomic E-state index is 0.657. The summed E-state index contributed by atoms with van der Waals surface area (Å²) in [7, 11) is 1.78. The highest BCUT2D eigenvalue weighted by Crippen LogP contribution is 2.32. The summed E-state index contributed by atoms with van der Waals surface area (Å²) in [4.78, 5) is 2.59. The number of ether oxygens (including phenoxy) is 1. The highest BCUT2D eigenvalue weighted by molar-refractivity contribution is 4.82. The smallest absolute Gasteiger partial charge is 0.0589 e. The number of nitrogens with zero attached hydrogens (tertiary/aromatic N) is 1. The third-order valence-electron chi connectivity index (χ3n) is 4.39. The van der Waals surface area contributed by atoms with E-state index in [2.05, 4.69) is 18.7 Å². The summed E-state index contributed by atoms with van der Waals surface area (Å²) in [6.07, 6.45) is 5.27. The number of hydrogen-bond donors (Lipinski definition) is 1. The molecule has 0 heterocycles. The van der Waals surface area contributed by atoms with Crippen LogP contribution in [0.25, 0.3) is 0 Å². The zero-order chi connectivity index (χ0) is 12.7. The van der Waals surface area contributed by atoms with Crippen molar-refractivity contribution in [2.75, 3.05) is 33.4 Å². The van der Waals surface area contributed by atoms with Gasteiger partial charge in [-0.05, 0) is 44.6 Å². The van der Waals surface area contributed by atoms with Crippen molar-refractivity contribution in [1.82, 2.24) is 4.90 Å². The summed E-state index contributed by atoms with van der Waals surface area (Å²) >= 11 is 0. The van der Waals surface area contributed by atoms with E-state index >= 15 is 0 Å². The van der Waals surface area contributed by atoms with Crippen LogP contribution in [0.4, 0.5) is 0 Å². The van der Waals surface area contributed by atoms with Crippen LogP contribution in [0.3, 0.4) is 0 Å². The maximum atomic E-state index is 5.87. The molecule has 0 spiro atoms. The molecule has 1 rings (SSSR count). The van der Waals surface area contributed by atoms with Gasteiger partial charge in [-0.25, -0.2) is 0 Å². The van der Waals surface area contributed by atoms with Crippen LogP contribution in [0.2, 0.25) is 0 Å². The maximum Gasteiger partial charge on any atom is 0.0589 e. The van der Waals surface area contributed by atoms with Gasteiger partial charge in [0.05, 0.1) is 6.61 Å². The molecule has 0 aromatic rings. The normalized spacial score (nSPS) is 26.6. The molecule has 0 saturated heterocycles. The standard InChI is InChI=1S/C14H30N2O/c1-4-12(2)16(8-9-17-3)11-14-7-5-6-13(14)10-15/h12-14H,4-11,15H2,1-3H3. The summed E-state index contributed by atoms with van der Waals surface area (Å²) in [5, 5.41) is 0. The first kappa shape index (κ1) is 14.9. The van der Waals surface area contributed by atoms with Crippen LogP contribution in [0, 0.1) is 11.8 Å². The predicted molar refractivity (Wildman–Crippen MR) is 73.1 cm³/mol. The molecule has 3 atom stereocenters. The van der Waals surface area contributed by atoms with Crippen LogP contribution in [0.1, 0.15) is 39.5 Å². The van der Waals surface area contributed by atoms with Gasteiger partial charge in [-0.3, -0.25) is 4.90 Å². The lowest BCUT2D eigenvalue weighted by Crippen LogP contribution is -2.40. The number of hydrogen-bond acceptors (Lipinski definition) is 3. The zero-order valence-electron chi connectivity index (χ0n) is 11.8. The Morgan fingerprint density at radius 1 is 1.35 bits per heavy atom. The van der Waals surface area contributed by atoms with E-state index in [-0.39, 0.29) is 0 Å². The van der Waals surface area contributed by atoms with Crippen molar-refractivity contribution < 1.29 is 4.74 Å². The van der Waals surface area contributed by atoms with Crippen molar-refractivity contribution >= 4 is 0 Å². The first-order chi connectivity index (χ1) is 8.22. The van der Waals surface area contributed by atoms with Gasteiger partial charge in [-0.15, -0.1) is 0 Å². The summed E-state index contributed by atoms with van der Waals surface area (Å²) in [6, 6.07) is 0.657. The summed E-state index contributed by atoms with van der Waals surface area (Å²) in [5.74, 6) is 1.56. The van der Waals surface area contributed by atoms with Crippen LogP contribution in [0.15, 0.2) is 0 Å². The van der Waals surface area contributed by atoms with E-state index in [1.54, 1.807) is 7.11 Å². The predicted octanol–water partition coefficient (Wildman–Crippen LogP) is 2.11. The Hall–Kier alpha value is -0.120. The molecule has 1 aliphatic rings. The van der Waals surface area contributed by atoms with Crippen LogP contribution < -0.4 is 5.73 Å². The van der Waals surface area contributed by atoms with Gasteiger partial charge in [-0.2, -0.15) is 0 Å². The molecule has 1 fully saturated rings. The second-order valence-corrected chi connectivity index (χ2v) is 5.43. The van der Waals surface area contributed by atoms with Gasteiger partial charge in [-0.1, -0.05) is 13.3 Å². The first-order valence-corrected chi connectivity index (χ1v) is 7.15. The third kappa shape index (κ3) is 4.57. The highest BCUT2D eigenvalue weighted by atomic mass is 16.5. The average Bonchev–Trinajstić information content (AvgIpc) is 2.80. The quantitative estimate of drug-likeness (QED) is 0.708. The van der Waals surface area contributed by atoms with Gasteiger partial charge in [0.1, 0.15) is 0 Å². The molecule has 0 radical (unpaired) electrons. The minimum atomic E-state index is 0.657. The topological polar surface area (TPSA) is 38.5 Å². The molecule has 1 saturated carbocycles. The SMILES string of the molecule is CCC(C)N(CCOC)CC1CCCC1CN. The van der Waals surface area contributed by atoms with Gasteiger partial charge in [0.15, 0.2) is 0 Å². The highest BCUT2D eigenvalue weighted by Gasteiger charge is 2.28. The van der Waals surface area contributed by atoms with Crippen molar-refractivity contribution in [2.45, 2.75) is 45.6 Å². The van der Waals surface area contributed by atoms with E-state index < -0.39 is 0 Å². The van der Waals surface area contributed by atoms with E-state index in [4.69, 9.17) is 10.5 Å². The Morgan fingerprint density at radius 2 is 2.06 bits per heavy atom. The molecule has 102 valence electrons. The van der Waals surface area contributed by atoms with Crippen LogP contribution in [0.5, 0.6) is 0 Å². The van der Waals surface area contributed by atoms with Crippen LogP contribution in [-0.2, 0) is 4.74 Å². The monoisotopic (exact) mass is 242 g/mol. The van der Waals surface area contributed by atoms with Crippen molar-refractivity contribution in [3.8, 4) is 0 Å². The van der Waals surface area contributed by atoms with Gasteiger partial charge in [0.25, 0.3) is 0 Å². The molecular formula is C14H30N2O. The molecule has 0 amide bonds. The summed E-state index contributed by atoms with van der Waals surface area (Å²) < 4.78 is 5.22. The van der Waals surface area contributed by atoms with E-state index in [1.807, 2.05) is 0 Å². The molecule has 0 aromatic carbocycles. The third-order valence-corrected chi connectivity index (χ3v) is 4.39. The fourth-order valence-electron chi connectivity index (χ4n) is 2.92. The summed E-state index contributed by atoms with van der Waals surface area (Å²) in [6.45, 7) is 8.55. The number of rotatable bonds is 8. The van der Waals surface area contributed by atoms with Crippen molar-refractivity contribution in [3.05, 3.63) is 0 Å². The molecule has 3 nitrogen and oxygen atoms in total. The van der Waals surface area contributed by atoms with E-state index in [0.717, 1.165) is 31.5 Å². The molecule has 0 aromatic heterocycles. The second kappa shape index (κ2) is 8.06. The molecule has 1 aliphatic carbocycles. The van der Waals surface area contributed by atoms with Crippen molar-refractivity contribution in [2.24, 2.45) is 17.6 Å². The number of methoxy groups -OCH3 is 1. The Morgan fingerprint density at radius 3 is 2.65 bits per heavy atom. The van der Waals surface area contributed by atoms with Gasteiger partial charge in [0, 0.05) is 26.2 Å². The lowest BCUT2D eigenvalue weighted by molar-refractivity contribution is 0.103. The van der Waals surface area contributed by atoms with Gasteiger partial charge < -0.3 is 10.5 Å². The number of nitrogens with two attached hydrogens (primary N) is 1. The lowest BCUT2D eigenvalue weighted by atomic mass is 9.95. The van der Waals surface area contributed by atoms with Crippen molar-refractivity contribution in [1.29, 1.82) is 0 Å². The second-order valence-electron chi connectivity index (χ2n) is 5.43. The maximum absolute atomic E-state index is 5.87. The molecule has 0 bridgehead atoms. The van der Waals surface area contributed by atoms with E-state index in [1.165, 1.54) is 32.2 Å². The molecule has 2 N–H and O–H groups in total. The Labute approximate surface area is 107 Å². The molecule has 3 unspecified atom stereocenters. The molecule has 17 heavy (non-hydrogen) atoms. The first-order valence-electron chi connectivity index (χ1n) is 7.15. The Bertz CT molecular complexity index is 199. The molecular weight excluding hydrogens is 212 g/mol. The van der Waals surface area contributed by atoms with E-state index in [9.17, 15) is 0 Å². The average molecular weight is 242 g/mol. The van der Waals surface area contributed by atoms with E-state index in [0.29, 0.717) is 6.04 Å². The lowest BCUT2D eigenvalue weighted by Gasteiger charge is -2.32. The molecule has 0 aliphatic heterocycles. The largest absolute Gasteiger partial charge is 0.383 e. The fourth-order valence-corrected chi connectivity index (χ4v) is 2.92. The van der Waals surface area contributed by atoms with Gasteiger partial charge in [0.2, 0.25) is 0 Å². The Balaban J connectivity index is 2.46. The van der Waals surface area contributed by atoms with Crippen LogP contribution >= 0.6 is 0 Å². The van der Waals surface area contributed by atoms with Crippen LogP contribution in [-0.4, -0.2) is 44.3 Å². The zero-order valence-corrected chi connectivity index (χ0v) is 11.8. The van der Waals surface area contributed by atoms with Gasteiger partial charge >= 0.3 is 0 Å². The van der Waals surface area contributed by atoms with Crippen molar-refractivity contribution in [3.63, 3.8) is 0 Å². The Kier molecular flexibility index (Phi) is 7.09. The minimum Gasteiger partial charge on any atom is -0.383 e. The fraction of sp³-hybridized carbons (Fsp3) is 1.00. The summed E-state index contributed by atoms with van der Waals surface area (Å²) in [5.41, 5.74) is 5.87. The molecule has 3 heteroatoms.